The Hall–Kier alpha value is -0.740. The van der Waals surface area contributed by atoms with Crippen LogP contribution in [-0.4, -0.2) is 31.6 Å². The maximum atomic E-state index is 12.6. The Bertz CT molecular complexity index is 502. The van der Waals surface area contributed by atoms with Gasteiger partial charge in [-0.2, -0.15) is 0 Å². The molecule has 4 nitrogen and oxygen atoms in total. The number of ether oxygens (including phenoxy) is 2. The van der Waals surface area contributed by atoms with Crippen molar-refractivity contribution < 1.29 is 19.1 Å². The molecule has 0 radical (unpaired) electrons. The van der Waals surface area contributed by atoms with Crippen LogP contribution in [0.15, 0.2) is 0 Å². The van der Waals surface area contributed by atoms with Gasteiger partial charge >= 0.3 is 0 Å². The number of methoxy groups -OCH3 is 1. The first-order chi connectivity index (χ1) is 12.0. The van der Waals surface area contributed by atoms with Crippen molar-refractivity contribution in [2.45, 2.75) is 77.7 Å². The van der Waals surface area contributed by atoms with Gasteiger partial charge in [0.2, 0.25) is 0 Å². The van der Waals surface area contributed by atoms with Crippen molar-refractivity contribution in [1.29, 1.82) is 0 Å². The van der Waals surface area contributed by atoms with Crippen LogP contribution in [0.5, 0.6) is 0 Å². The molecule has 142 valence electrons. The van der Waals surface area contributed by atoms with E-state index in [9.17, 15) is 9.59 Å². The van der Waals surface area contributed by atoms with Crippen LogP contribution in [0.2, 0.25) is 0 Å². The molecule has 3 fully saturated rings. The summed E-state index contributed by atoms with van der Waals surface area (Å²) < 4.78 is 10.9. The summed E-state index contributed by atoms with van der Waals surface area (Å²) >= 11 is 0. The SMILES string of the molecule is COCO[C@H]1CC[C@]2(C)[C@H](CC[C@H]3[C@H]2CCC(=O)[C@@H]3CCC(C)=O)C1. The fourth-order valence-corrected chi connectivity index (χ4v) is 6.20. The van der Waals surface area contributed by atoms with Gasteiger partial charge in [0.1, 0.15) is 18.4 Å². The first-order valence-corrected chi connectivity index (χ1v) is 10.1. The van der Waals surface area contributed by atoms with Crippen molar-refractivity contribution in [3.8, 4) is 0 Å². The van der Waals surface area contributed by atoms with E-state index in [0.717, 1.165) is 38.5 Å². The predicted molar refractivity (Wildman–Crippen MR) is 96.1 cm³/mol. The van der Waals surface area contributed by atoms with Gasteiger partial charge in [-0.25, -0.2) is 0 Å². The van der Waals surface area contributed by atoms with Crippen LogP contribution in [-0.2, 0) is 19.1 Å². The number of carbonyl (C=O) groups excluding carboxylic acids is 2. The molecule has 3 rings (SSSR count). The summed E-state index contributed by atoms with van der Waals surface area (Å²) in [6, 6.07) is 0. The quantitative estimate of drug-likeness (QED) is 0.675. The van der Waals surface area contributed by atoms with Gasteiger partial charge in [-0.05, 0) is 75.0 Å². The van der Waals surface area contributed by atoms with Gasteiger partial charge in [0, 0.05) is 25.9 Å². The molecule has 0 aromatic heterocycles. The number of ketones is 2. The average Bonchev–Trinajstić information content (AvgIpc) is 2.58. The third-order valence-electron chi connectivity index (χ3n) is 7.56. The molecule has 3 aliphatic carbocycles. The molecular weight excluding hydrogens is 316 g/mol. The lowest BCUT2D eigenvalue weighted by molar-refractivity contribution is -0.151. The molecule has 4 heteroatoms. The zero-order valence-corrected chi connectivity index (χ0v) is 16.1. The largest absolute Gasteiger partial charge is 0.359 e. The van der Waals surface area contributed by atoms with Gasteiger partial charge in [-0.15, -0.1) is 0 Å². The van der Waals surface area contributed by atoms with Crippen LogP contribution in [0, 0.1) is 29.1 Å². The second kappa shape index (κ2) is 7.87. The molecule has 25 heavy (non-hydrogen) atoms. The van der Waals surface area contributed by atoms with Crippen molar-refractivity contribution in [3.05, 3.63) is 0 Å². The van der Waals surface area contributed by atoms with Gasteiger partial charge in [-0.3, -0.25) is 4.79 Å². The monoisotopic (exact) mass is 350 g/mol. The third kappa shape index (κ3) is 3.85. The van der Waals surface area contributed by atoms with E-state index in [1.807, 2.05) is 0 Å². The van der Waals surface area contributed by atoms with Crippen LogP contribution < -0.4 is 0 Å². The lowest BCUT2D eigenvalue weighted by Gasteiger charge is -2.58. The Morgan fingerprint density at radius 3 is 2.76 bits per heavy atom. The highest BCUT2D eigenvalue weighted by Gasteiger charge is 2.54. The van der Waals surface area contributed by atoms with E-state index in [1.54, 1.807) is 14.0 Å². The smallest absolute Gasteiger partial charge is 0.146 e. The molecule has 0 spiro atoms. The summed E-state index contributed by atoms with van der Waals surface area (Å²) in [6.07, 6.45) is 9.22. The molecule has 0 amide bonds. The lowest BCUT2D eigenvalue weighted by atomic mass is 9.47. The minimum atomic E-state index is 0.128. The molecule has 0 heterocycles. The molecule has 0 N–H and O–H groups in total. The summed E-state index contributed by atoms with van der Waals surface area (Å²) in [5.41, 5.74) is 0.338. The van der Waals surface area contributed by atoms with Gasteiger partial charge in [-0.1, -0.05) is 6.92 Å². The summed E-state index contributed by atoms with van der Waals surface area (Å²) in [5, 5.41) is 0. The van der Waals surface area contributed by atoms with E-state index < -0.39 is 0 Å². The highest BCUT2D eigenvalue weighted by atomic mass is 16.7. The molecule has 6 atom stereocenters. The van der Waals surface area contributed by atoms with Crippen molar-refractivity contribution in [1.82, 2.24) is 0 Å². The van der Waals surface area contributed by atoms with E-state index in [1.165, 1.54) is 12.8 Å². The molecule has 0 aromatic carbocycles. The highest BCUT2D eigenvalue weighted by molar-refractivity contribution is 5.83. The number of hydrogen-bond donors (Lipinski definition) is 0. The maximum absolute atomic E-state index is 12.6. The second-order valence-electron chi connectivity index (χ2n) is 8.87. The van der Waals surface area contributed by atoms with Gasteiger partial charge in [0.05, 0.1) is 6.10 Å². The zero-order valence-electron chi connectivity index (χ0n) is 16.1. The van der Waals surface area contributed by atoms with E-state index in [-0.39, 0.29) is 11.7 Å². The van der Waals surface area contributed by atoms with Gasteiger partial charge in [0.25, 0.3) is 0 Å². The van der Waals surface area contributed by atoms with Crippen LogP contribution in [0.1, 0.15) is 71.6 Å². The van der Waals surface area contributed by atoms with Gasteiger partial charge < -0.3 is 14.3 Å². The molecule has 0 unspecified atom stereocenters. The van der Waals surface area contributed by atoms with Crippen LogP contribution in [0.3, 0.4) is 0 Å². The maximum Gasteiger partial charge on any atom is 0.146 e. The van der Waals surface area contributed by atoms with Crippen molar-refractivity contribution >= 4 is 11.6 Å². The Morgan fingerprint density at radius 1 is 1.24 bits per heavy atom. The van der Waals surface area contributed by atoms with Crippen LogP contribution >= 0.6 is 0 Å². The van der Waals surface area contributed by atoms with Crippen molar-refractivity contribution in [2.24, 2.45) is 29.1 Å². The highest BCUT2D eigenvalue weighted by Crippen LogP contribution is 2.60. The molecule has 0 saturated heterocycles. The van der Waals surface area contributed by atoms with Gasteiger partial charge in [0.15, 0.2) is 0 Å². The third-order valence-corrected chi connectivity index (χ3v) is 7.56. The lowest BCUT2D eigenvalue weighted by Crippen LogP contribution is -2.52. The predicted octanol–water partition coefficient (Wildman–Crippen LogP) is 4.16. The summed E-state index contributed by atoms with van der Waals surface area (Å²) in [7, 11) is 1.68. The Balaban J connectivity index is 1.70. The molecule has 0 aromatic rings. The number of hydrogen-bond acceptors (Lipinski definition) is 4. The number of carbonyl (C=O) groups is 2. The van der Waals surface area contributed by atoms with Crippen LogP contribution in [0.4, 0.5) is 0 Å². The van der Waals surface area contributed by atoms with Crippen LogP contribution in [0.25, 0.3) is 0 Å². The minimum Gasteiger partial charge on any atom is -0.359 e. The molecule has 0 bridgehead atoms. The normalized spacial score (nSPS) is 41.1. The average molecular weight is 350 g/mol. The Morgan fingerprint density at radius 2 is 2.04 bits per heavy atom. The second-order valence-corrected chi connectivity index (χ2v) is 8.87. The Kier molecular flexibility index (Phi) is 5.99. The van der Waals surface area contributed by atoms with E-state index in [4.69, 9.17) is 9.47 Å². The zero-order chi connectivity index (χ0) is 18.0. The summed E-state index contributed by atoms with van der Waals surface area (Å²) in [4.78, 5) is 24.0. The number of fused-ring (bicyclic) bond motifs is 3. The molecule has 3 saturated carbocycles. The minimum absolute atomic E-state index is 0.128. The summed E-state index contributed by atoms with van der Waals surface area (Å²) in [6.45, 7) is 4.50. The standard InChI is InChI=1S/C21H34O4/c1-14(22)4-6-18-17-7-5-15-12-16(25-13-24-3)10-11-21(15,2)19(17)8-9-20(18)23/h15-19H,4-13H2,1-3H3/t15-,16+,17-,18-,19-,21-/m1/s1. The van der Waals surface area contributed by atoms with E-state index in [2.05, 4.69) is 6.92 Å². The Labute approximate surface area is 152 Å². The molecule has 0 aliphatic heterocycles. The number of rotatable bonds is 6. The summed E-state index contributed by atoms with van der Waals surface area (Å²) in [5.74, 6) is 2.60. The fourth-order valence-electron chi connectivity index (χ4n) is 6.20. The number of Topliss-reactive ketones (excluding diaryl/α,β-unsaturated/α-hetero) is 2. The molecular formula is C21H34O4. The van der Waals surface area contributed by atoms with E-state index >= 15 is 0 Å². The topological polar surface area (TPSA) is 52.6 Å². The van der Waals surface area contributed by atoms with Crippen molar-refractivity contribution in [3.63, 3.8) is 0 Å². The first-order valence-electron chi connectivity index (χ1n) is 10.1. The first kappa shape index (κ1) is 19.0. The van der Waals surface area contributed by atoms with E-state index in [0.29, 0.717) is 48.3 Å². The fraction of sp³-hybridized carbons (Fsp3) is 0.905. The van der Waals surface area contributed by atoms with Crippen molar-refractivity contribution in [2.75, 3.05) is 13.9 Å². The molecule has 3 aliphatic rings.